The van der Waals surface area contributed by atoms with Gasteiger partial charge in [-0.15, -0.1) is 0 Å². The number of halogens is 1. The summed E-state index contributed by atoms with van der Waals surface area (Å²) in [6, 6.07) is 9.87. The van der Waals surface area contributed by atoms with E-state index in [1.807, 2.05) is 37.4 Å². The average molecular weight is 332 g/mol. The van der Waals surface area contributed by atoms with Gasteiger partial charge in [0.05, 0.1) is 11.2 Å². The van der Waals surface area contributed by atoms with Crippen LogP contribution in [0, 0.1) is 0 Å². The van der Waals surface area contributed by atoms with Gasteiger partial charge in [0.15, 0.2) is 0 Å². The summed E-state index contributed by atoms with van der Waals surface area (Å²) in [7, 11) is 1.89. The Morgan fingerprint density at radius 2 is 2.10 bits per heavy atom. The highest BCUT2D eigenvalue weighted by Crippen LogP contribution is 2.26. The summed E-state index contributed by atoms with van der Waals surface area (Å²) in [5.74, 6) is 0. The van der Waals surface area contributed by atoms with Gasteiger partial charge >= 0.3 is 0 Å². The topological polar surface area (TPSA) is 50.9 Å². The number of rotatable bonds is 3. The van der Waals surface area contributed by atoms with Crippen LogP contribution in [-0.4, -0.2) is 19.9 Å². The van der Waals surface area contributed by atoms with Crippen LogP contribution in [0.5, 0.6) is 0 Å². The predicted octanol–water partition coefficient (Wildman–Crippen LogP) is 3.01. The maximum atomic E-state index is 10.5. The zero-order valence-corrected chi connectivity index (χ0v) is 12.6. The second-order valence-electron chi connectivity index (χ2n) is 4.76. The number of fused-ring (bicyclic) bond motifs is 1. The SMILES string of the molecule is Cn1nc(C(O)Cc2cncc(Br)c2)c2ccccc21. The molecule has 0 saturated heterocycles. The highest BCUT2D eigenvalue weighted by molar-refractivity contribution is 9.10. The number of aromatic nitrogens is 3. The molecule has 3 aromatic rings. The summed E-state index contributed by atoms with van der Waals surface area (Å²) in [6.45, 7) is 0. The normalized spacial score (nSPS) is 12.8. The van der Waals surface area contributed by atoms with Crippen LogP contribution in [0.25, 0.3) is 10.9 Å². The number of para-hydroxylation sites is 1. The first-order chi connectivity index (χ1) is 9.65. The van der Waals surface area contributed by atoms with Crippen molar-refractivity contribution in [3.8, 4) is 0 Å². The highest BCUT2D eigenvalue weighted by Gasteiger charge is 2.17. The molecule has 2 aromatic heterocycles. The van der Waals surface area contributed by atoms with E-state index in [1.54, 1.807) is 17.1 Å². The van der Waals surface area contributed by atoms with E-state index in [-0.39, 0.29) is 0 Å². The molecule has 0 aliphatic carbocycles. The fourth-order valence-corrected chi connectivity index (χ4v) is 2.79. The molecular formula is C15H14BrN3O. The van der Waals surface area contributed by atoms with Crippen molar-refractivity contribution in [3.05, 3.63) is 58.5 Å². The summed E-state index contributed by atoms with van der Waals surface area (Å²) in [5.41, 5.74) is 2.71. The van der Waals surface area contributed by atoms with Crippen LogP contribution < -0.4 is 0 Å². The molecule has 0 fully saturated rings. The summed E-state index contributed by atoms with van der Waals surface area (Å²) in [4.78, 5) is 4.11. The van der Waals surface area contributed by atoms with Gasteiger partial charge < -0.3 is 5.11 Å². The van der Waals surface area contributed by atoms with Crippen LogP contribution in [0.2, 0.25) is 0 Å². The van der Waals surface area contributed by atoms with Crippen LogP contribution in [-0.2, 0) is 13.5 Å². The van der Waals surface area contributed by atoms with Gasteiger partial charge in [-0.1, -0.05) is 18.2 Å². The van der Waals surface area contributed by atoms with E-state index >= 15 is 0 Å². The summed E-state index contributed by atoms with van der Waals surface area (Å²) in [5, 5.41) is 15.9. The lowest BCUT2D eigenvalue weighted by Gasteiger charge is -2.08. The number of hydrogen-bond donors (Lipinski definition) is 1. The third-order valence-corrected chi connectivity index (χ3v) is 3.73. The van der Waals surface area contributed by atoms with E-state index < -0.39 is 6.10 Å². The molecule has 0 aliphatic heterocycles. The molecule has 1 N–H and O–H groups in total. The predicted molar refractivity (Wildman–Crippen MR) is 81.3 cm³/mol. The summed E-state index contributed by atoms with van der Waals surface area (Å²) >= 11 is 3.39. The lowest BCUT2D eigenvalue weighted by Crippen LogP contribution is -2.04. The zero-order valence-electron chi connectivity index (χ0n) is 11.0. The largest absolute Gasteiger partial charge is 0.386 e. The smallest absolute Gasteiger partial charge is 0.102 e. The van der Waals surface area contributed by atoms with Gasteiger partial charge in [0.1, 0.15) is 6.10 Å². The molecule has 0 spiro atoms. The number of benzene rings is 1. The van der Waals surface area contributed by atoms with E-state index in [0.717, 1.165) is 20.9 Å². The molecule has 0 amide bonds. The fraction of sp³-hybridized carbons (Fsp3) is 0.200. The molecule has 3 rings (SSSR count). The molecular weight excluding hydrogens is 318 g/mol. The quantitative estimate of drug-likeness (QED) is 0.802. The van der Waals surface area contributed by atoms with E-state index in [9.17, 15) is 5.11 Å². The fourth-order valence-electron chi connectivity index (χ4n) is 2.38. The Hall–Kier alpha value is -1.72. The number of aliphatic hydroxyl groups is 1. The Morgan fingerprint density at radius 3 is 2.90 bits per heavy atom. The Balaban J connectivity index is 1.95. The minimum absolute atomic E-state index is 0.493. The summed E-state index contributed by atoms with van der Waals surface area (Å²) < 4.78 is 2.71. The van der Waals surface area contributed by atoms with Gasteiger partial charge in [0.2, 0.25) is 0 Å². The number of pyridine rings is 1. The number of aliphatic hydroxyl groups excluding tert-OH is 1. The molecule has 102 valence electrons. The molecule has 20 heavy (non-hydrogen) atoms. The molecule has 1 atom stereocenters. The maximum Gasteiger partial charge on any atom is 0.102 e. The van der Waals surface area contributed by atoms with Crippen molar-refractivity contribution in [2.45, 2.75) is 12.5 Å². The van der Waals surface area contributed by atoms with Crippen LogP contribution in [0.1, 0.15) is 17.4 Å². The Labute approximate surface area is 125 Å². The highest BCUT2D eigenvalue weighted by atomic mass is 79.9. The van der Waals surface area contributed by atoms with Crippen molar-refractivity contribution < 1.29 is 5.11 Å². The van der Waals surface area contributed by atoms with Gasteiger partial charge in [0, 0.05) is 35.7 Å². The van der Waals surface area contributed by atoms with Crippen molar-refractivity contribution in [1.29, 1.82) is 0 Å². The van der Waals surface area contributed by atoms with Crippen LogP contribution in [0.15, 0.2) is 47.2 Å². The minimum atomic E-state index is -0.641. The van der Waals surface area contributed by atoms with E-state index in [1.165, 1.54) is 0 Å². The number of nitrogens with zero attached hydrogens (tertiary/aromatic N) is 3. The molecule has 0 radical (unpaired) electrons. The second kappa shape index (κ2) is 5.34. The number of hydrogen-bond acceptors (Lipinski definition) is 3. The van der Waals surface area contributed by atoms with E-state index in [4.69, 9.17) is 0 Å². The third-order valence-electron chi connectivity index (χ3n) is 3.29. The van der Waals surface area contributed by atoms with Gasteiger partial charge in [0.25, 0.3) is 0 Å². The molecule has 1 unspecified atom stereocenters. The van der Waals surface area contributed by atoms with Gasteiger partial charge in [-0.25, -0.2) is 0 Å². The first-order valence-corrected chi connectivity index (χ1v) is 7.13. The second-order valence-corrected chi connectivity index (χ2v) is 5.67. The molecule has 0 bridgehead atoms. The first-order valence-electron chi connectivity index (χ1n) is 6.34. The van der Waals surface area contributed by atoms with Crippen LogP contribution in [0.4, 0.5) is 0 Å². The molecule has 5 heteroatoms. The van der Waals surface area contributed by atoms with Gasteiger partial charge in [-0.05, 0) is 33.6 Å². The Morgan fingerprint density at radius 1 is 1.30 bits per heavy atom. The number of aryl methyl sites for hydroxylation is 1. The Bertz CT molecular complexity index is 754. The standard InChI is InChI=1S/C15H14BrN3O/c1-19-13-5-3-2-4-12(13)15(18-19)14(20)7-10-6-11(16)9-17-8-10/h2-6,8-9,14,20H,7H2,1H3. The zero-order chi connectivity index (χ0) is 14.1. The van der Waals surface area contributed by atoms with E-state index in [2.05, 4.69) is 26.0 Å². The van der Waals surface area contributed by atoms with Crippen molar-refractivity contribution in [2.24, 2.45) is 7.05 Å². The Kier molecular flexibility index (Phi) is 3.54. The molecule has 4 nitrogen and oxygen atoms in total. The van der Waals surface area contributed by atoms with Crippen molar-refractivity contribution in [3.63, 3.8) is 0 Å². The maximum absolute atomic E-state index is 10.5. The molecule has 0 aliphatic rings. The van der Waals surface area contributed by atoms with Crippen molar-refractivity contribution in [2.75, 3.05) is 0 Å². The lowest BCUT2D eigenvalue weighted by molar-refractivity contribution is 0.174. The van der Waals surface area contributed by atoms with Gasteiger partial charge in [-0.2, -0.15) is 5.10 Å². The van der Waals surface area contributed by atoms with Gasteiger partial charge in [-0.3, -0.25) is 9.67 Å². The van der Waals surface area contributed by atoms with Crippen LogP contribution in [0.3, 0.4) is 0 Å². The first kappa shape index (κ1) is 13.3. The third kappa shape index (κ3) is 2.46. The summed E-state index contributed by atoms with van der Waals surface area (Å²) in [6.07, 6.45) is 3.34. The molecule has 1 aromatic carbocycles. The van der Waals surface area contributed by atoms with Crippen LogP contribution >= 0.6 is 15.9 Å². The van der Waals surface area contributed by atoms with Crippen molar-refractivity contribution >= 4 is 26.8 Å². The van der Waals surface area contributed by atoms with Crippen molar-refractivity contribution in [1.82, 2.24) is 14.8 Å². The molecule has 0 saturated carbocycles. The van der Waals surface area contributed by atoms with E-state index in [0.29, 0.717) is 12.1 Å². The monoisotopic (exact) mass is 331 g/mol. The average Bonchev–Trinajstić information content (AvgIpc) is 2.77. The minimum Gasteiger partial charge on any atom is -0.386 e. The molecule has 2 heterocycles. The lowest BCUT2D eigenvalue weighted by atomic mass is 10.0.